The summed E-state index contributed by atoms with van der Waals surface area (Å²) < 4.78 is 22.6. The van der Waals surface area contributed by atoms with Gasteiger partial charge in [-0.05, 0) is 72.5 Å². The van der Waals surface area contributed by atoms with Crippen LogP contribution in [0, 0.1) is 11.8 Å². The molecule has 196 valence electrons. The molecule has 0 unspecified atom stereocenters. The second kappa shape index (κ2) is 8.69. The number of benzene rings is 3. The molecule has 3 aromatic carbocycles. The first-order valence-electron chi connectivity index (χ1n) is 12.7. The number of ether oxygens (including phenoxy) is 4. The lowest BCUT2D eigenvalue weighted by molar-refractivity contribution is -0.141. The van der Waals surface area contributed by atoms with Crippen LogP contribution < -0.4 is 19.5 Å². The lowest BCUT2D eigenvalue weighted by atomic mass is 9.67. The van der Waals surface area contributed by atoms with E-state index in [4.69, 9.17) is 28.9 Å². The zero-order chi connectivity index (χ0) is 26.8. The number of hydrogen-bond acceptors (Lipinski definition) is 8. The number of anilines is 1. The number of cyclic esters (lactones) is 1. The van der Waals surface area contributed by atoms with E-state index >= 15 is 0 Å². The van der Waals surface area contributed by atoms with Gasteiger partial charge in [-0.15, -0.1) is 0 Å². The number of methoxy groups -OCH3 is 1. The van der Waals surface area contributed by atoms with Crippen LogP contribution in [0.1, 0.15) is 29.5 Å². The largest absolute Gasteiger partial charge is 0.494 e. The van der Waals surface area contributed by atoms with Crippen LogP contribution >= 0.6 is 0 Å². The minimum Gasteiger partial charge on any atom is -0.494 e. The summed E-state index contributed by atoms with van der Waals surface area (Å²) in [7, 11) is 1.60. The summed E-state index contributed by atoms with van der Waals surface area (Å²) in [4.78, 5) is 34.9. The molecule has 1 aliphatic carbocycles. The van der Waals surface area contributed by atoms with Gasteiger partial charge in [-0.2, -0.15) is 0 Å². The van der Waals surface area contributed by atoms with Gasteiger partial charge in [0, 0.05) is 23.1 Å². The van der Waals surface area contributed by atoms with Crippen LogP contribution in [0.5, 0.6) is 17.2 Å². The first-order valence-corrected chi connectivity index (χ1v) is 12.7. The van der Waals surface area contributed by atoms with Crippen molar-refractivity contribution in [3.8, 4) is 17.2 Å². The lowest BCUT2D eigenvalue weighted by Crippen LogP contribution is -2.31. The standard InChI is InChI=1S/C30H25N3O6/c1-14(2)29(34)31-18-4-5-20-21(10-18)32-22-7-16(9-25(36-3)28(22)33-20)26-19-11-24-23(38-13-39-24)8-15(19)6-17-12-37-30(35)27(17)26/h4-5,7-11,17,26-27H,1,6,12-13H2,2-3H3,(H,31,34)/t17-,26+,27-/m0/s1. The smallest absolute Gasteiger partial charge is 0.310 e. The normalized spacial score (nSPS) is 20.9. The fourth-order valence-electron chi connectivity index (χ4n) is 5.92. The molecule has 3 atom stereocenters. The number of rotatable bonds is 4. The highest BCUT2D eigenvalue weighted by Crippen LogP contribution is 2.51. The Morgan fingerprint density at radius 1 is 1.03 bits per heavy atom. The lowest BCUT2D eigenvalue weighted by Gasteiger charge is -2.33. The van der Waals surface area contributed by atoms with Gasteiger partial charge in [-0.1, -0.05) is 6.58 Å². The van der Waals surface area contributed by atoms with Crippen LogP contribution in [0.3, 0.4) is 0 Å². The molecule has 3 aliphatic rings. The van der Waals surface area contributed by atoms with Crippen molar-refractivity contribution in [2.75, 3.05) is 25.8 Å². The first kappa shape index (κ1) is 23.5. The minimum atomic E-state index is -0.336. The van der Waals surface area contributed by atoms with E-state index in [2.05, 4.69) is 11.9 Å². The molecule has 4 aromatic rings. The summed E-state index contributed by atoms with van der Waals surface area (Å²) in [5, 5.41) is 2.82. The number of nitrogens with zero attached hydrogens (tertiary/aromatic N) is 2. The van der Waals surface area contributed by atoms with E-state index < -0.39 is 0 Å². The van der Waals surface area contributed by atoms with Crippen LogP contribution in [-0.4, -0.2) is 42.4 Å². The Labute approximate surface area is 223 Å². The highest BCUT2D eigenvalue weighted by Gasteiger charge is 2.48. The number of esters is 1. The molecule has 1 saturated heterocycles. The highest BCUT2D eigenvalue weighted by molar-refractivity contribution is 6.04. The SMILES string of the molecule is C=C(C)C(=O)Nc1ccc2nc3c(OC)cc([C@@H]4c5cc6c(cc5C[C@H]5COC(=O)[C@@H]54)OCO6)cc3nc2c1. The Morgan fingerprint density at radius 3 is 2.64 bits per heavy atom. The maximum absolute atomic E-state index is 13.0. The maximum atomic E-state index is 13.0. The van der Waals surface area contributed by atoms with Crippen molar-refractivity contribution in [2.45, 2.75) is 19.3 Å². The van der Waals surface area contributed by atoms with Crippen LogP contribution in [0.4, 0.5) is 5.69 Å². The molecule has 9 heteroatoms. The summed E-state index contributed by atoms with van der Waals surface area (Å²) in [6.07, 6.45) is 0.729. The van der Waals surface area contributed by atoms with Crippen LogP contribution in [0.25, 0.3) is 22.1 Å². The summed E-state index contributed by atoms with van der Waals surface area (Å²) >= 11 is 0. The molecule has 1 fully saturated rings. The van der Waals surface area contributed by atoms with Gasteiger partial charge in [0.15, 0.2) is 11.5 Å². The topological polar surface area (TPSA) is 109 Å². The molecule has 7 rings (SSSR count). The predicted octanol–water partition coefficient (Wildman–Crippen LogP) is 4.51. The molecule has 1 amide bonds. The van der Waals surface area contributed by atoms with Gasteiger partial charge < -0.3 is 24.3 Å². The fourth-order valence-corrected chi connectivity index (χ4v) is 5.92. The van der Waals surface area contributed by atoms with Crippen molar-refractivity contribution in [3.05, 3.63) is 71.3 Å². The van der Waals surface area contributed by atoms with Gasteiger partial charge >= 0.3 is 5.97 Å². The van der Waals surface area contributed by atoms with E-state index in [9.17, 15) is 9.59 Å². The number of amides is 1. The molecule has 0 saturated carbocycles. The summed E-state index contributed by atoms with van der Waals surface area (Å²) in [5.74, 6) is 0.937. The van der Waals surface area contributed by atoms with E-state index in [-0.39, 0.29) is 36.4 Å². The second-order valence-corrected chi connectivity index (χ2v) is 10.3. The van der Waals surface area contributed by atoms with Crippen LogP contribution in [0.2, 0.25) is 0 Å². The Bertz CT molecular complexity index is 1730. The zero-order valence-corrected chi connectivity index (χ0v) is 21.4. The Balaban J connectivity index is 1.40. The highest BCUT2D eigenvalue weighted by atomic mass is 16.7. The third-order valence-corrected chi connectivity index (χ3v) is 7.78. The van der Waals surface area contributed by atoms with Gasteiger partial charge in [0.1, 0.15) is 11.3 Å². The third kappa shape index (κ3) is 3.76. The molecule has 2 aliphatic heterocycles. The van der Waals surface area contributed by atoms with Crippen molar-refractivity contribution < 1.29 is 28.5 Å². The number of nitrogens with one attached hydrogen (secondary N) is 1. The van der Waals surface area contributed by atoms with Crippen molar-refractivity contribution in [1.29, 1.82) is 0 Å². The zero-order valence-electron chi connectivity index (χ0n) is 21.4. The first-order chi connectivity index (χ1) is 18.9. The van der Waals surface area contributed by atoms with Gasteiger partial charge in [-0.25, -0.2) is 9.97 Å². The van der Waals surface area contributed by atoms with E-state index in [0.717, 1.165) is 28.9 Å². The number of fused-ring (bicyclic) bond motifs is 5. The average Bonchev–Trinajstić information content (AvgIpc) is 3.54. The van der Waals surface area contributed by atoms with E-state index in [1.54, 1.807) is 26.2 Å². The Hall–Kier alpha value is -4.66. The quantitative estimate of drug-likeness (QED) is 0.236. The van der Waals surface area contributed by atoms with Gasteiger partial charge in [-0.3, -0.25) is 9.59 Å². The number of carbonyl (C=O) groups excluding carboxylic acids is 2. The van der Waals surface area contributed by atoms with Crippen molar-refractivity contribution >= 4 is 39.6 Å². The molecule has 39 heavy (non-hydrogen) atoms. The number of aromatic nitrogens is 2. The average molecular weight is 524 g/mol. The third-order valence-electron chi connectivity index (χ3n) is 7.78. The van der Waals surface area contributed by atoms with Gasteiger partial charge in [0.2, 0.25) is 6.79 Å². The van der Waals surface area contributed by atoms with Gasteiger partial charge in [0.25, 0.3) is 5.91 Å². The van der Waals surface area contributed by atoms with Crippen LogP contribution in [-0.2, 0) is 20.7 Å². The van der Waals surface area contributed by atoms with Gasteiger partial charge in [0.05, 0.1) is 36.2 Å². The monoisotopic (exact) mass is 523 g/mol. The second-order valence-electron chi connectivity index (χ2n) is 10.3. The minimum absolute atomic E-state index is 0.0548. The summed E-state index contributed by atoms with van der Waals surface area (Å²) in [6.45, 7) is 5.91. The molecule has 1 N–H and O–H groups in total. The van der Waals surface area contributed by atoms with Crippen molar-refractivity contribution in [1.82, 2.24) is 9.97 Å². The summed E-state index contributed by atoms with van der Waals surface area (Å²) in [6, 6.07) is 13.3. The molecule has 9 nitrogen and oxygen atoms in total. The summed E-state index contributed by atoms with van der Waals surface area (Å²) in [5.41, 5.74) is 6.53. The molecular weight excluding hydrogens is 498 g/mol. The molecule has 0 spiro atoms. The van der Waals surface area contributed by atoms with E-state index in [0.29, 0.717) is 51.4 Å². The molecule has 1 aromatic heterocycles. The Morgan fingerprint density at radius 2 is 1.85 bits per heavy atom. The molecular formula is C30H25N3O6. The van der Waals surface area contributed by atoms with E-state index in [1.807, 2.05) is 30.3 Å². The number of carbonyl (C=O) groups is 2. The molecule has 0 bridgehead atoms. The van der Waals surface area contributed by atoms with Crippen molar-refractivity contribution in [2.24, 2.45) is 11.8 Å². The van der Waals surface area contributed by atoms with E-state index in [1.165, 1.54) is 0 Å². The molecule has 3 heterocycles. The van der Waals surface area contributed by atoms with Crippen LogP contribution in [0.15, 0.2) is 54.6 Å². The number of hydrogen-bond donors (Lipinski definition) is 1. The fraction of sp³-hybridized carbons (Fsp3) is 0.267. The maximum Gasteiger partial charge on any atom is 0.310 e. The molecule has 0 radical (unpaired) electrons. The predicted molar refractivity (Wildman–Crippen MR) is 143 cm³/mol. The van der Waals surface area contributed by atoms with Crippen molar-refractivity contribution in [3.63, 3.8) is 0 Å². The Kier molecular flexibility index (Phi) is 5.23.